The predicted octanol–water partition coefficient (Wildman–Crippen LogP) is 3.24. The summed E-state index contributed by atoms with van der Waals surface area (Å²) < 4.78 is 18.0. The van der Waals surface area contributed by atoms with Gasteiger partial charge in [-0.25, -0.2) is 14.2 Å². The van der Waals surface area contributed by atoms with Crippen molar-refractivity contribution < 1.29 is 18.7 Å². The van der Waals surface area contributed by atoms with Crippen LogP contribution in [0.1, 0.15) is 42.1 Å². The minimum absolute atomic E-state index is 0.0400. The highest BCUT2D eigenvalue weighted by molar-refractivity contribution is 5.89. The minimum Gasteiger partial charge on any atom is -0.462 e. The molecule has 0 N–H and O–H groups in total. The second kappa shape index (κ2) is 9.49. The predicted molar refractivity (Wildman–Crippen MR) is 108 cm³/mol. The molecule has 29 heavy (non-hydrogen) atoms. The maximum Gasteiger partial charge on any atom is 0.339 e. The van der Waals surface area contributed by atoms with E-state index in [9.17, 15) is 14.0 Å². The van der Waals surface area contributed by atoms with Gasteiger partial charge in [0, 0.05) is 38.8 Å². The van der Waals surface area contributed by atoms with Crippen molar-refractivity contribution in [1.29, 1.82) is 0 Å². The van der Waals surface area contributed by atoms with E-state index in [-0.39, 0.29) is 23.6 Å². The lowest BCUT2D eigenvalue weighted by Gasteiger charge is -2.36. The zero-order chi connectivity index (χ0) is 20.8. The van der Waals surface area contributed by atoms with Gasteiger partial charge in [-0.05, 0) is 42.7 Å². The van der Waals surface area contributed by atoms with Gasteiger partial charge in [0.05, 0.1) is 12.2 Å². The number of piperazine rings is 1. The van der Waals surface area contributed by atoms with Crippen molar-refractivity contribution in [2.75, 3.05) is 37.7 Å². The fourth-order valence-corrected chi connectivity index (χ4v) is 3.39. The molecule has 1 fully saturated rings. The molecular weight excluding hydrogens is 373 g/mol. The summed E-state index contributed by atoms with van der Waals surface area (Å²) in [5, 5.41) is 0. The molecule has 6 nitrogen and oxygen atoms in total. The van der Waals surface area contributed by atoms with Gasteiger partial charge in [-0.15, -0.1) is 0 Å². The van der Waals surface area contributed by atoms with Crippen LogP contribution in [0.3, 0.4) is 0 Å². The van der Waals surface area contributed by atoms with Gasteiger partial charge < -0.3 is 14.5 Å². The molecule has 1 aromatic carbocycles. The first kappa shape index (κ1) is 20.8. The van der Waals surface area contributed by atoms with Crippen molar-refractivity contribution in [2.24, 2.45) is 0 Å². The SMILES string of the molecule is CCOC(=O)c1ccc(N2CCN(C(=O)CC(C)c3ccc(F)cc3)CC2)nc1. The highest BCUT2D eigenvalue weighted by Gasteiger charge is 2.23. The summed E-state index contributed by atoms with van der Waals surface area (Å²) in [6, 6.07) is 9.83. The zero-order valence-corrected chi connectivity index (χ0v) is 16.8. The first-order valence-electron chi connectivity index (χ1n) is 9.89. The number of carbonyl (C=O) groups excluding carboxylic acids is 2. The number of amides is 1. The fraction of sp³-hybridized carbons (Fsp3) is 0.409. The smallest absolute Gasteiger partial charge is 0.339 e. The van der Waals surface area contributed by atoms with Crippen LogP contribution in [0.4, 0.5) is 10.2 Å². The van der Waals surface area contributed by atoms with Crippen LogP contribution in [0.15, 0.2) is 42.6 Å². The van der Waals surface area contributed by atoms with Crippen molar-refractivity contribution in [3.63, 3.8) is 0 Å². The van der Waals surface area contributed by atoms with Crippen LogP contribution in [0.2, 0.25) is 0 Å². The van der Waals surface area contributed by atoms with Crippen LogP contribution in [-0.4, -0.2) is 54.5 Å². The van der Waals surface area contributed by atoms with Crippen molar-refractivity contribution in [2.45, 2.75) is 26.2 Å². The van der Waals surface area contributed by atoms with Crippen molar-refractivity contribution in [1.82, 2.24) is 9.88 Å². The molecule has 2 aromatic rings. The average Bonchev–Trinajstić information content (AvgIpc) is 2.74. The van der Waals surface area contributed by atoms with E-state index < -0.39 is 0 Å². The van der Waals surface area contributed by atoms with Gasteiger partial charge in [-0.2, -0.15) is 0 Å². The molecule has 1 amide bonds. The van der Waals surface area contributed by atoms with Gasteiger partial charge in [-0.1, -0.05) is 19.1 Å². The van der Waals surface area contributed by atoms with E-state index in [1.54, 1.807) is 31.2 Å². The molecule has 3 rings (SSSR count). The Balaban J connectivity index is 1.51. The Morgan fingerprint density at radius 1 is 1.10 bits per heavy atom. The van der Waals surface area contributed by atoms with E-state index in [0.717, 1.165) is 11.4 Å². The highest BCUT2D eigenvalue weighted by Crippen LogP contribution is 2.21. The summed E-state index contributed by atoms with van der Waals surface area (Å²) in [6.07, 6.45) is 1.92. The van der Waals surface area contributed by atoms with E-state index in [0.29, 0.717) is 44.8 Å². The van der Waals surface area contributed by atoms with E-state index in [1.807, 2.05) is 11.8 Å². The monoisotopic (exact) mass is 399 g/mol. The minimum atomic E-state index is -0.378. The van der Waals surface area contributed by atoms with E-state index in [2.05, 4.69) is 9.88 Å². The average molecular weight is 399 g/mol. The topological polar surface area (TPSA) is 62.7 Å². The molecule has 7 heteroatoms. The van der Waals surface area contributed by atoms with E-state index in [4.69, 9.17) is 4.74 Å². The summed E-state index contributed by atoms with van der Waals surface area (Å²) in [5.41, 5.74) is 1.39. The van der Waals surface area contributed by atoms with Crippen LogP contribution in [0, 0.1) is 5.82 Å². The Bertz CT molecular complexity index is 831. The standard InChI is InChI=1S/C22H26FN3O3/c1-3-29-22(28)18-6-9-20(24-15-18)25-10-12-26(13-11-25)21(27)14-16(2)17-4-7-19(23)8-5-17/h4-9,15-16H,3,10-14H2,1-2H3. The molecule has 1 atom stereocenters. The number of carbonyl (C=O) groups is 2. The third kappa shape index (κ3) is 5.31. The molecule has 1 aliphatic heterocycles. The number of pyridine rings is 1. The molecule has 0 radical (unpaired) electrons. The lowest BCUT2D eigenvalue weighted by molar-refractivity contribution is -0.131. The molecule has 1 aliphatic rings. The normalized spacial score (nSPS) is 15.1. The summed E-state index contributed by atoms with van der Waals surface area (Å²) in [7, 11) is 0. The summed E-state index contributed by atoms with van der Waals surface area (Å²) in [4.78, 5) is 32.7. The van der Waals surface area contributed by atoms with Gasteiger partial charge in [0.1, 0.15) is 11.6 Å². The lowest BCUT2D eigenvalue weighted by Crippen LogP contribution is -2.49. The Morgan fingerprint density at radius 2 is 1.79 bits per heavy atom. The molecule has 154 valence electrons. The molecule has 0 aliphatic carbocycles. The Hall–Kier alpha value is -2.96. The number of esters is 1. The number of hydrogen-bond donors (Lipinski definition) is 0. The molecule has 1 aromatic heterocycles. The largest absolute Gasteiger partial charge is 0.462 e. The van der Waals surface area contributed by atoms with Gasteiger partial charge >= 0.3 is 5.97 Å². The summed E-state index contributed by atoms with van der Waals surface area (Å²) in [6.45, 7) is 6.69. The number of halogens is 1. The molecule has 0 spiro atoms. The van der Waals surface area contributed by atoms with Gasteiger partial charge in [-0.3, -0.25) is 4.79 Å². The molecular formula is C22H26FN3O3. The van der Waals surface area contributed by atoms with Crippen molar-refractivity contribution >= 4 is 17.7 Å². The third-order valence-electron chi connectivity index (χ3n) is 5.14. The molecule has 1 saturated heterocycles. The maximum absolute atomic E-state index is 13.1. The summed E-state index contributed by atoms with van der Waals surface area (Å²) in [5.74, 6) is 0.277. The van der Waals surface area contributed by atoms with Crippen LogP contribution in [0.5, 0.6) is 0 Å². The van der Waals surface area contributed by atoms with E-state index in [1.165, 1.54) is 18.3 Å². The fourth-order valence-electron chi connectivity index (χ4n) is 3.39. The number of benzene rings is 1. The van der Waals surface area contributed by atoms with Gasteiger partial charge in [0.15, 0.2) is 0 Å². The number of aromatic nitrogens is 1. The van der Waals surface area contributed by atoms with Gasteiger partial charge in [0.2, 0.25) is 5.91 Å². The lowest BCUT2D eigenvalue weighted by atomic mass is 9.97. The number of rotatable bonds is 6. The molecule has 0 saturated carbocycles. The second-order valence-corrected chi connectivity index (χ2v) is 7.15. The number of hydrogen-bond acceptors (Lipinski definition) is 5. The first-order valence-corrected chi connectivity index (χ1v) is 9.89. The zero-order valence-electron chi connectivity index (χ0n) is 16.8. The Kier molecular flexibility index (Phi) is 6.80. The van der Waals surface area contributed by atoms with E-state index >= 15 is 0 Å². The molecule has 2 heterocycles. The van der Waals surface area contributed by atoms with Crippen molar-refractivity contribution in [3.8, 4) is 0 Å². The maximum atomic E-state index is 13.1. The number of ether oxygens (including phenoxy) is 1. The van der Waals surface area contributed by atoms with Crippen LogP contribution >= 0.6 is 0 Å². The highest BCUT2D eigenvalue weighted by atomic mass is 19.1. The number of nitrogens with zero attached hydrogens (tertiary/aromatic N) is 3. The molecule has 0 bridgehead atoms. The van der Waals surface area contributed by atoms with Crippen LogP contribution in [-0.2, 0) is 9.53 Å². The Morgan fingerprint density at radius 3 is 2.38 bits per heavy atom. The quantitative estimate of drug-likeness (QED) is 0.698. The third-order valence-corrected chi connectivity index (χ3v) is 5.14. The van der Waals surface area contributed by atoms with Gasteiger partial charge in [0.25, 0.3) is 0 Å². The van der Waals surface area contributed by atoms with Crippen LogP contribution in [0.25, 0.3) is 0 Å². The summed E-state index contributed by atoms with van der Waals surface area (Å²) >= 11 is 0. The first-order chi connectivity index (χ1) is 14.0. The molecule has 1 unspecified atom stereocenters. The number of anilines is 1. The van der Waals surface area contributed by atoms with Crippen LogP contribution < -0.4 is 4.90 Å². The second-order valence-electron chi connectivity index (χ2n) is 7.15. The Labute approximate surface area is 170 Å². The van der Waals surface area contributed by atoms with Crippen molar-refractivity contribution in [3.05, 3.63) is 59.5 Å².